The second kappa shape index (κ2) is 10.0. The summed E-state index contributed by atoms with van der Waals surface area (Å²) in [4.78, 5) is 10.9. The molecule has 1 unspecified atom stereocenters. The van der Waals surface area contributed by atoms with E-state index in [-0.39, 0.29) is 6.04 Å². The Bertz CT molecular complexity index is 755. The molecular formula is C19H28N6O3. The van der Waals surface area contributed by atoms with Crippen molar-refractivity contribution in [2.45, 2.75) is 19.5 Å². The van der Waals surface area contributed by atoms with E-state index < -0.39 is 0 Å². The Kier molecular flexibility index (Phi) is 7.21. The first kappa shape index (κ1) is 20.1. The van der Waals surface area contributed by atoms with Crippen LogP contribution in [0.15, 0.2) is 33.8 Å². The van der Waals surface area contributed by atoms with Crippen molar-refractivity contribution in [2.75, 3.05) is 47.0 Å². The van der Waals surface area contributed by atoms with Gasteiger partial charge in [0, 0.05) is 33.6 Å². The third kappa shape index (κ3) is 5.43. The highest BCUT2D eigenvalue weighted by Crippen LogP contribution is 2.23. The molecule has 1 fully saturated rings. The SMILES string of the molecule is CN=C(NCc1noc(C)n1)NCC(c1ccc(OC)cc1)N1CCOCC1. The summed E-state index contributed by atoms with van der Waals surface area (Å²) < 4.78 is 15.8. The van der Waals surface area contributed by atoms with E-state index in [1.807, 2.05) is 12.1 Å². The molecular weight excluding hydrogens is 360 g/mol. The lowest BCUT2D eigenvalue weighted by Gasteiger charge is -2.35. The topological polar surface area (TPSA) is 97.0 Å². The van der Waals surface area contributed by atoms with Crippen LogP contribution in [0.5, 0.6) is 5.75 Å². The van der Waals surface area contributed by atoms with Gasteiger partial charge < -0.3 is 24.6 Å². The van der Waals surface area contributed by atoms with Gasteiger partial charge in [0.1, 0.15) is 5.75 Å². The van der Waals surface area contributed by atoms with E-state index in [0.717, 1.165) is 32.1 Å². The number of rotatable bonds is 7. The first-order valence-corrected chi connectivity index (χ1v) is 9.39. The molecule has 9 heteroatoms. The largest absolute Gasteiger partial charge is 0.497 e. The molecule has 0 amide bonds. The zero-order valence-electron chi connectivity index (χ0n) is 16.6. The average molecular weight is 388 g/mol. The fourth-order valence-electron chi connectivity index (χ4n) is 3.16. The number of aromatic nitrogens is 2. The number of guanidine groups is 1. The number of nitrogens with one attached hydrogen (secondary N) is 2. The lowest BCUT2D eigenvalue weighted by Crippen LogP contribution is -2.46. The van der Waals surface area contributed by atoms with Gasteiger partial charge in [0.15, 0.2) is 11.8 Å². The van der Waals surface area contributed by atoms with Crippen LogP contribution < -0.4 is 15.4 Å². The predicted molar refractivity (Wildman–Crippen MR) is 105 cm³/mol. The number of morpholine rings is 1. The molecule has 1 aromatic carbocycles. The van der Waals surface area contributed by atoms with Crippen molar-refractivity contribution in [1.29, 1.82) is 0 Å². The van der Waals surface area contributed by atoms with E-state index in [1.54, 1.807) is 21.1 Å². The molecule has 0 radical (unpaired) electrons. The maximum atomic E-state index is 5.52. The van der Waals surface area contributed by atoms with Crippen molar-refractivity contribution in [2.24, 2.45) is 4.99 Å². The molecule has 152 valence electrons. The Hall–Kier alpha value is -2.65. The summed E-state index contributed by atoms with van der Waals surface area (Å²) in [5.74, 6) is 2.69. The molecule has 0 saturated carbocycles. The second-order valence-corrected chi connectivity index (χ2v) is 6.47. The van der Waals surface area contributed by atoms with Gasteiger partial charge in [-0.1, -0.05) is 17.3 Å². The van der Waals surface area contributed by atoms with E-state index in [1.165, 1.54) is 5.56 Å². The number of aryl methyl sites for hydroxylation is 1. The van der Waals surface area contributed by atoms with Gasteiger partial charge in [-0.25, -0.2) is 0 Å². The summed E-state index contributed by atoms with van der Waals surface area (Å²) in [6.45, 7) is 6.21. The Morgan fingerprint density at radius 2 is 2.00 bits per heavy atom. The molecule has 2 aromatic rings. The van der Waals surface area contributed by atoms with Gasteiger partial charge in [-0.05, 0) is 17.7 Å². The van der Waals surface area contributed by atoms with Crippen LogP contribution in [0.2, 0.25) is 0 Å². The first-order chi connectivity index (χ1) is 13.7. The summed E-state index contributed by atoms with van der Waals surface area (Å²) in [5, 5.41) is 10.5. The lowest BCUT2D eigenvalue weighted by molar-refractivity contribution is 0.0170. The predicted octanol–water partition coefficient (Wildman–Crippen LogP) is 1.13. The molecule has 2 heterocycles. The second-order valence-electron chi connectivity index (χ2n) is 6.47. The van der Waals surface area contributed by atoms with Crippen LogP contribution in [-0.4, -0.2) is 68.0 Å². The van der Waals surface area contributed by atoms with Crippen LogP contribution in [-0.2, 0) is 11.3 Å². The maximum Gasteiger partial charge on any atom is 0.223 e. The third-order valence-corrected chi connectivity index (χ3v) is 4.66. The van der Waals surface area contributed by atoms with Crippen molar-refractivity contribution in [3.8, 4) is 5.75 Å². The van der Waals surface area contributed by atoms with Crippen molar-refractivity contribution in [1.82, 2.24) is 25.7 Å². The Morgan fingerprint density at radius 3 is 2.61 bits per heavy atom. The fraction of sp³-hybridized carbons (Fsp3) is 0.526. The molecule has 0 aliphatic carbocycles. The van der Waals surface area contributed by atoms with Gasteiger partial charge in [0.25, 0.3) is 0 Å². The standard InChI is InChI=1S/C19H28N6O3/c1-14-23-18(24-28-14)13-22-19(20-2)21-12-17(25-8-10-27-11-9-25)15-4-6-16(26-3)7-5-15/h4-7,17H,8-13H2,1-3H3,(H2,20,21,22). The molecule has 1 atom stereocenters. The van der Waals surface area contributed by atoms with E-state index in [4.69, 9.17) is 14.0 Å². The Morgan fingerprint density at radius 1 is 1.25 bits per heavy atom. The van der Waals surface area contributed by atoms with Crippen molar-refractivity contribution >= 4 is 5.96 Å². The van der Waals surface area contributed by atoms with Crippen LogP contribution in [0.3, 0.4) is 0 Å². The lowest BCUT2D eigenvalue weighted by atomic mass is 10.0. The molecule has 1 aromatic heterocycles. The molecule has 0 bridgehead atoms. The zero-order valence-corrected chi connectivity index (χ0v) is 16.6. The molecule has 1 aliphatic rings. The minimum absolute atomic E-state index is 0.195. The molecule has 1 aliphatic heterocycles. The van der Waals surface area contributed by atoms with Gasteiger partial charge in [-0.2, -0.15) is 4.98 Å². The number of hydrogen-bond acceptors (Lipinski definition) is 7. The highest BCUT2D eigenvalue weighted by Gasteiger charge is 2.23. The van der Waals surface area contributed by atoms with E-state index in [2.05, 4.69) is 42.8 Å². The minimum Gasteiger partial charge on any atom is -0.497 e. The zero-order chi connectivity index (χ0) is 19.8. The monoisotopic (exact) mass is 388 g/mol. The summed E-state index contributed by atoms with van der Waals surface area (Å²) in [6.07, 6.45) is 0. The normalized spacial score (nSPS) is 16.6. The Balaban J connectivity index is 1.63. The molecule has 28 heavy (non-hydrogen) atoms. The van der Waals surface area contributed by atoms with Gasteiger partial charge in [0.2, 0.25) is 5.89 Å². The molecule has 3 rings (SSSR count). The van der Waals surface area contributed by atoms with Crippen LogP contribution in [0.4, 0.5) is 0 Å². The fourth-order valence-corrected chi connectivity index (χ4v) is 3.16. The van der Waals surface area contributed by atoms with Crippen molar-refractivity contribution in [3.63, 3.8) is 0 Å². The minimum atomic E-state index is 0.195. The summed E-state index contributed by atoms with van der Waals surface area (Å²) in [5.41, 5.74) is 1.22. The molecule has 0 spiro atoms. The maximum absolute atomic E-state index is 5.52. The van der Waals surface area contributed by atoms with E-state index in [9.17, 15) is 0 Å². The smallest absolute Gasteiger partial charge is 0.223 e. The summed E-state index contributed by atoms with van der Waals surface area (Å²) >= 11 is 0. The van der Waals surface area contributed by atoms with Crippen LogP contribution in [0, 0.1) is 6.92 Å². The molecule has 9 nitrogen and oxygen atoms in total. The summed E-state index contributed by atoms with van der Waals surface area (Å²) in [6, 6.07) is 8.40. The quantitative estimate of drug-likeness (QED) is 0.538. The van der Waals surface area contributed by atoms with E-state index >= 15 is 0 Å². The number of nitrogens with zero attached hydrogens (tertiary/aromatic N) is 4. The first-order valence-electron chi connectivity index (χ1n) is 9.39. The average Bonchev–Trinajstić information content (AvgIpc) is 3.16. The highest BCUT2D eigenvalue weighted by atomic mass is 16.5. The van der Waals surface area contributed by atoms with Crippen LogP contribution in [0.25, 0.3) is 0 Å². The number of benzene rings is 1. The number of methoxy groups -OCH3 is 1. The molecule has 2 N–H and O–H groups in total. The number of hydrogen-bond donors (Lipinski definition) is 2. The van der Waals surface area contributed by atoms with Gasteiger partial charge in [0.05, 0.1) is 32.9 Å². The van der Waals surface area contributed by atoms with E-state index in [0.29, 0.717) is 30.8 Å². The third-order valence-electron chi connectivity index (χ3n) is 4.66. The summed E-state index contributed by atoms with van der Waals surface area (Å²) in [7, 11) is 3.42. The number of aliphatic imine (C=N–C) groups is 1. The van der Waals surface area contributed by atoms with Crippen LogP contribution in [0.1, 0.15) is 23.3 Å². The van der Waals surface area contributed by atoms with Crippen molar-refractivity contribution in [3.05, 3.63) is 41.5 Å². The highest BCUT2D eigenvalue weighted by molar-refractivity contribution is 5.79. The number of ether oxygens (including phenoxy) is 2. The Labute approximate surface area is 165 Å². The van der Waals surface area contributed by atoms with Crippen molar-refractivity contribution < 1.29 is 14.0 Å². The van der Waals surface area contributed by atoms with Gasteiger partial charge >= 0.3 is 0 Å². The molecule has 1 saturated heterocycles. The van der Waals surface area contributed by atoms with Gasteiger partial charge in [-0.3, -0.25) is 9.89 Å². The van der Waals surface area contributed by atoms with Gasteiger partial charge in [-0.15, -0.1) is 0 Å². The van der Waals surface area contributed by atoms with Crippen LogP contribution >= 0.6 is 0 Å².